The SMILES string of the molecule is CC(C)(C)CC(=O)Nc1cc(-c2cccc(CN(C(=O)C3CC3)C3CCC(N)CC3)c2)ccc1N1CCOCC1. The van der Waals surface area contributed by atoms with Gasteiger partial charge in [0.05, 0.1) is 24.6 Å². The smallest absolute Gasteiger partial charge is 0.226 e. The van der Waals surface area contributed by atoms with Crippen molar-refractivity contribution in [1.29, 1.82) is 0 Å². The standard InChI is InChI=1S/C33H46N4O3/c1-33(2,3)21-31(38)35-29-20-26(9-14-30(29)36-15-17-40-18-16-36)25-6-4-5-23(19-25)22-37(32(39)24-7-8-24)28-12-10-27(34)11-13-28/h4-6,9,14,19-20,24,27-28H,7-8,10-13,15-18,21-22,34H2,1-3H3,(H,35,38). The van der Waals surface area contributed by atoms with E-state index in [4.69, 9.17) is 10.5 Å². The van der Waals surface area contributed by atoms with Crippen molar-refractivity contribution in [1.82, 2.24) is 4.90 Å². The Morgan fingerprint density at radius 1 is 0.975 bits per heavy atom. The van der Waals surface area contributed by atoms with E-state index in [9.17, 15) is 9.59 Å². The molecule has 7 heteroatoms. The van der Waals surface area contributed by atoms with Crippen LogP contribution >= 0.6 is 0 Å². The molecule has 3 fully saturated rings. The minimum atomic E-state index is -0.0949. The fourth-order valence-electron chi connectivity index (χ4n) is 5.98. The number of hydrogen-bond donors (Lipinski definition) is 2. The maximum atomic E-state index is 13.3. The number of nitrogens with one attached hydrogen (secondary N) is 1. The van der Waals surface area contributed by atoms with Crippen LogP contribution < -0.4 is 16.0 Å². The molecule has 40 heavy (non-hydrogen) atoms. The molecule has 5 rings (SSSR count). The van der Waals surface area contributed by atoms with Crippen LogP contribution in [-0.4, -0.2) is 55.1 Å². The zero-order chi connectivity index (χ0) is 28.3. The van der Waals surface area contributed by atoms with Gasteiger partial charge in [-0.2, -0.15) is 0 Å². The summed E-state index contributed by atoms with van der Waals surface area (Å²) in [4.78, 5) is 30.7. The Morgan fingerprint density at radius 3 is 2.35 bits per heavy atom. The number of amides is 2. The van der Waals surface area contributed by atoms with E-state index < -0.39 is 0 Å². The number of nitrogens with two attached hydrogens (primary N) is 1. The molecule has 3 aliphatic rings. The summed E-state index contributed by atoms with van der Waals surface area (Å²) < 4.78 is 5.57. The predicted octanol–water partition coefficient (Wildman–Crippen LogP) is 5.57. The maximum absolute atomic E-state index is 13.3. The average Bonchev–Trinajstić information content (AvgIpc) is 3.77. The van der Waals surface area contributed by atoms with E-state index in [1.807, 2.05) is 0 Å². The van der Waals surface area contributed by atoms with Crippen LogP contribution in [0.1, 0.15) is 71.3 Å². The molecule has 1 aliphatic heterocycles. The number of benzene rings is 2. The van der Waals surface area contributed by atoms with Crippen LogP contribution in [0.25, 0.3) is 11.1 Å². The Hall–Kier alpha value is -2.90. The molecule has 7 nitrogen and oxygen atoms in total. The van der Waals surface area contributed by atoms with Gasteiger partial charge in [0, 0.05) is 44.1 Å². The van der Waals surface area contributed by atoms with Crippen LogP contribution in [0.5, 0.6) is 0 Å². The number of rotatable bonds is 8. The average molecular weight is 547 g/mol. The molecule has 0 aromatic heterocycles. The highest BCUT2D eigenvalue weighted by atomic mass is 16.5. The van der Waals surface area contributed by atoms with Gasteiger partial charge in [-0.1, -0.05) is 45.0 Å². The quantitative estimate of drug-likeness (QED) is 0.452. The van der Waals surface area contributed by atoms with Gasteiger partial charge in [-0.3, -0.25) is 9.59 Å². The van der Waals surface area contributed by atoms with Crippen molar-refractivity contribution >= 4 is 23.2 Å². The second kappa shape index (κ2) is 12.3. The molecule has 3 N–H and O–H groups in total. The normalized spacial score (nSPS) is 21.6. The maximum Gasteiger partial charge on any atom is 0.226 e. The fraction of sp³-hybridized carbons (Fsp3) is 0.576. The van der Waals surface area contributed by atoms with Gasteiger partial charge in [0.15, 0.2) is 0 Å². The first-order valence-electron chi connectivity index (χ1n) is 15.1. The summed E-state index contributed by atoms with van der Waals surface area (Å²) in [5.41, 5.74) is 11.2. The third-order valence-corrected chi connectivity index (χ3v) is 8.32. The van der Waals surface area contributed by atoms with Gasteiger partial charge in [0.25, 0.3) is 0 Å². The number of hydrogen-bond acceptors (Lipinski definition) is 5. The van der Waals surface area contributed by atoms with Gasteiger partial charge in [0.1, 0.15) is 0 Å². The summed E-state index contributed by atoms with van der Waals surface area (Å²) in [5.74, 6) is 0.532. The second-order valence-corrected chi connectivity index (χ2v) is 13.1. The molecular formula is C33H46N4O3. The van der Waals surface area contributed by atoms with Crippen molar-refractivity contribution in [3.8, 4) is 11.1 Å². The van der Waals surface area contributed by atoms with E-state index in [-0.39, 0.29) is 29.3 Å². The van der Waals surface area contributed by atoms with Crippen LogP contribution in [0.3, 0.4) is 0 Å². The summed E-state index contributed by atoms with van der Waals surface area (Å²) in [7, 11) is 0. The molecule has 216 valence electrons. The highest BCUT2D eigenvalue weighted by Crippen LogP contribution is 2.36. The third kappa shape index (κ3) is 7.43. The highest BCUT2D eigenvalue weighted by molar-refractivity contribution is 5.96. The van der Waals surface area contributed by atoms with E-state index in [0.29, 0.717) is 32.1 Å². The van der Waals surface area contributed by atoms with Crippen molar-refractivity contribution in [3.05, 3.63) is 48.0 Å². The summed E-state index contributed by atoms with van der Waals surface area (Å²) in [6.07, 6.45) is 6.42. The summed E-state index contributed by atoms with van der Waals surface area (Å²) in [5, 5.41) is 3.22. The molecule has 2 aromatic carbocycles. The predicted molar refractivity (Wildman–Crippen MR) is 161 cm³/mol. The molecule has 2 aliphatic carbocycles. The molecule has 0 unspecified atom stereocenters. The number of anilines is 2. The Labute approximate surface area is 239 Å². The van der Waals surface area contributed by atoms with Crippen molar-refractivity contribution in [2.45, 2.75) is 84.3 Å². The Balaban J connectivity index is 1.40. The van der Waals surface area contributed by atoms with E-state index in [2.05, 4.69) is 78.4 Å². The molecule has 1 saturated heterocycles. The van der Waals surface area contributed by atoms with Gasteiger partial charge in [-0.25, -0.2) is 0 Å². The van der Waals surface area contributed by atoms with Crippen molar-refractivity contribution in [3.63, 3.8) is 0 Å². The van der Waals surface area contributed by atoms with Gasteiger partial charge in [-0.05, 0) is 78.8 Å². The Bertz CT molecular complexity index is 1190. The molecule has 0 atom stereocenters. The Kier molecular flexibility index (Phi) is 8.81. The zero-order valence-corrected chi connectivity index (χ0v) is 24.5. The molecule has 2 aromatic rings. The summed E-state index contributed by atoms with van der Waals surface area (Å²) in [6.45, 7) is 9.83. The van der Waals surface area contributed by atoms with Crippen LogP contribution in [0, 0.1) is 11.3 Å². The first-order chi connectivity index (χ1) is 19.2. The van der Waals surface area contributed by atoms with Crippen LogP contribution in [0.4, 0.5) is 11.4 Å². The van der Waals surface area contributed by atoms with E-state index in [1.54, 1.807) is 0 Å². The van der Waals surface area contributed by atoms with Gasteiger partial charge < -0.3 is 25.6 Å². The van der Waals surface area contributed by atoms with Crippen molar-refractivity contribution < 1.29 is 14.3 Å². The minimum Gasteiger partial charge on any atom is -0.378 e. The molecule has 2 saturated carbocycles. The topological polar surface area (TPSA) is 87.9 Å². The van der Waals surface area contributed by atoms with Crippen molar-refractivity contribution in [2.75, 3.05) is 36.5 Å². The molecule has 2 amide bonds. The number of ether oxygens (including phenoxy) is 1. The lowest BCUT2D eigenvalue weighted by atomic mass is 9.90. The first-order valence-corrected chi connectivity index (χ1v) is 15.1. The molecule has 1 heterocycles. The fourth-order valence-corrected chi connectivity index (χ4v) is 5.98. The van der Waals surface area contributed by atoms with E-state index in [1.165, 1.54) is 0 Å². The second-order valence-electron chi connectivity index (χ2n) is 13.1. The highest BCUT2D eigenvalue weighted by Gasteiger charge is 2.37. The zero-order valence-electron chi connectivity index (χ0n) is 24.5. The molecule has 0 spiro atoms. The Morgan fingerprint density at radius 2 is 1.68 bits per heavy atom. The lowest BCUT2D eigenvalue weighted by Crippen LogP contribution is -2.44. The van der Waals surface area contributed by atoms with E-state index in [0.717, 1.165) is 79.7 Å². The van der Waals surface area contributed by atoms with Crippen LogP contribution in [-0.2, 0) is 20.9 Å². The first kappa shape index (κ1) is 28.6. The number of nitrogens with zero attached hydrogens (tertiary/aromatic N) is 2. The number of morpholine rings is 1. The van der Waals surface area contributed by atoms with Crippen LogP contribution in [0.15, 0.2) is 42.5 Å². The third-order valence-electron chi connectivity index (χ3n) is 8.32. The lowest BCUT2D eigenvalue weighted by molar-refractivity contribution is -0.136. The number of carbonyl (C=O) groups is 2. The largest absolute Gasteiger partial charge is 0.378 e. The van der Waals surface area contributed by atoms with E-state index >= 15 is 0 Å². The van der Waals surface area contributed by atoms with Gasteiger partial charge >= 0.3 is 0 Å². The molecule has 0 radical (unpaired) electrons. The van der Waals surface area contributed by atoms with Gasteiger partial charge in [-0.15, -0.1) is 0 Å². The van der Waals surface area contributed by atoms with Gasteiger partial charge in [0.2, 0.25) is 11.8 Å². The summed E-state index contributed by atoms with van der Waals surface area (Å²) in [6, 6.07) is 15.4. The lowest BCUT2D eigenvalue weighted by Gasteiger charge is -2.36. The van der Waals surface area contributed by atoms with Crippen molar-refractivity contribution in [2.24, 2.45) is 17.1 Å². The minimum absolute atomic E-state index is 0.0225. The summed E-state index contributed by atoms with van der Waals surface area (Å²) >= 11 is 0. The van der Waals surface area contributed by atoms with Crippen LogP contribution in [0.2, 0.25) is 0 Å². The molecular weight excluding hydrogens is 500 g/mol. The number of carbonyl (C=O) groups excluding carboxylic acids is 2. The monoisotopic (exact) mass is 546 g/mol. The molecule has 0 bridgehead atoms.